The van der Waals surface area contributed by atoms with Crippen molar-refractivity contribution in [3.05, 3.63) is 170 Å². The van der Waals surface area contributed by atoms with Crippen LogP contribution in [-0.2, 0) is 0 Å². The van der Waals surface area contributed by atoms with Gasteiger partial charge >= 0.3 is 0 Å². The van der Waals surface area contributed by atoms with Crippen molar-refractivity contribution >= 4 is 64.2 Å². The third-order valence-electron chi connectivity index (χ3n) is 9.64. The average molecular weight is 629 g/mol. The molecule has 8 aromatic carbocycles. The van der Waals surface area contributed by atoms with Gasteiger partial charge in [0, 0.05) is 42.1 Å². The van der Waals surface area contributed by atoms with E-state index in [2.05, 4.69) is 170 Å². The van der Waals surface area contributed by atoms with Crippen LogP contribution in [0.4, 0.5) is 0 Å². The number of benzene rings is 8. The molecule has 2 heterocycles. The largest absolute Gasteiger partial charge is 0.455 e. The van der Waals surface area contributed by atoms with Gasteiger partial charge in [0.25, 0.3) is 0 Å². The smallest absolute Gasteiger partial charge is 0.144 e. The van der Waals surface area contributed by atoms with Crippen LogP contribution >= 0.6 is 11.3 Å². The Bertz CT molecular complexity index is 2760. The van der Waals surface area contributed by atoms with Crippen LogP contribution in [0.1, 0.15) is 0 Å². The minimum Gasteiger partial charge on any atom is -0.455 e. The van der Waals surface area contributed by atoms with Crippen molar-refractivity contribution in [2.75, 3.05) is 0 Å². The molecule has 0 radical (unpaired) electrons. The van der Waals surface area contributed by atoms with E-state index in [1.54, 1.807) is 0 Å². The summed E-state index contributed by atoms with van der Waals surface area (Å²) in [4.78, 5) is 0. The predicted molar refractivity (Wildman–Crippen MR) is 206 cm³/mol. The molecule has 2 heteroatoms. The Morgan fingerprint density at radius 3 is 1.58 bits per heavy atom. The Kier molecular flexibility index (Phi) is 6.12. The second-order valence-electron chi connectivity index (χ2n) is 12.4. The summed E-state index contributed by atoms with van der Waals surface area (Å²) in [6.45, 7) is 0. The van der Waals surface area contributed by atoms with Crippen LogP contribution in [0.5, 0.6) is 0 Å². The molecule has 2 aromatic heterocycles. The minimum absolute atomic E-state index is 0.899. The maximum Gasteiger partial charge on any atom is 0.144 e. The first-order valence-corrected chi connectivity index (χ1v) is 17.2. The van der Waals surface area contributed by atoms with Crippen molar-refractivity contribution < 1.29 is 4.42 Å². The quantitative estimate of drug-likeness (QED) is 0.189. The lowest BCUT2D eigenvalue weighted by Gasteiger charge is -2.17. The third-order valence-corrected chi connectivity index (χ3v) is 10.8. The highest BCUT2D eigenvalue weighted by molar-refractivity contribution is 7.25. The molecule has 0 saturated heterocycles. The lowest BCUT2D eigenvalue weighted by molar-refractivity contribution is 0.670. The summed E-state index contributed by atoms with van der Waals surface area (Å²) < 4.78 is 9.55. The van der Waals surface area contributed by atoms with Crippen molar-refractivity contribution in [3.63, 3.8) is 0 Å². The Hall–Kier alpha value is -5.96. The average Bonchev–Trinajstić information content (AvgIpc) is 3.72. The number of furan rings is 1. The van der Waals surface area contributed by atoms with E-state index in [4.69, 9.17) is 4.42 Å². The van der Waals surface area contributed by atoms with Crippen molar-refractivity contribution in [1.82, 2.24) is 0 Å². The zero-order valence-electron chi connectivity index (χ0n) is 26.0. The van der Waals surface area contributed by atoms with Crippen molar-refractivity contribution in [2.24, 2.45) is 0 Å². The van der Waals surface area contributed by atoms with Crippen LogP contribution in [0.15, 0.2) is 174 Å². The highest BCUT2D eigenvalue weighted by Gasteiger charge is 2.23. The molecule has 10 rings (SSSR count). The van der Waals surface area contributed by atoms with E-state index >= 15 is 0 Å². The molecule has 0 unspecified atom stereocenters. The van der Waals surface area contributed by atoms with Crippen LogP contribution in [0, 0.1) is 0 Å². The Morgan fingerprint density at radius 1 is 0.333 bits per heavy atom. The first-order valence-electron chi connectivity index (χ1n) is 16.3. The van der Waals surface area contributed by atoms with Gasteiger partial charge in [0.05, 0.1) is 0 Å². The van der Waals surface area contributed by atoms with E-state index in [-0.39, 0.29) is 0 Å². The zero-order valence-corrected chi connectivity index (χ0v) is 26.8. The Labute approximate surface area is 282 Å². The van der Waals surface area contributed by atoms with E-state index in [1.165, 1.54) is 64.3 Å². The molecule has 0 saturated carbocycles. The van der Waals surface area contributed by atoms with E-state index in [0.717, 1.165) is 33.1 Å². The molecule has 0 amide bonds. The molecule has 0 aliphatic rings. The first kappa shape index (κ1) is 27.2. The van der Waals surface area contributed by atoms with E-state index in [1.807, 2.05) is 11.3 Å². The summed E-state index contributed by atoms with van der Waals surface area (Å²) in [6, 6.07) is 61.4. The van der Waals surface area contributed by atoms with Gasteiger partial charge < -0.3 is 4.42 Å². The highest BCUT2D eigenvalue weighted by atomic mass is 32.1. The zero-order chi connectivity index (χ0) is 31.6. The molecule has 0 aliphatic carbocycles. The summed E-state index contributed by atoms with van der Waals surface area (Å²) in [6.07, 6.45) is 0. The van der Waals surface area contributed by atoms with Gasteiger partial charge in [-0.2, -0.15) is 0 Å². The second-order valence-corrected chi connectivity index (χ2v) is 13.5. The van der Waals surface area contributed by atoms with Crippen molar-refractivity contribution in [1.29, 1.82) is 0 Å². The van der Waals surface area contributed by atoms with Crippen LogP contribution in [0.3, 0.4) is 0 Å². The number of hydrogen-bond acceptors (Lipinski definition) is 2. The van der Waals surface area contributed by atoms with Gasteiger partial charge in [0.1, 0.15) is 11.2 Å². The molecule has 0 atom stereocenters. The minimum atomic E-state index is 0.899. The van der Waals surface area contributed by atoms with Gasteiger partial charge in [-0.15, -0.1) is 11.3 Å². The molecule has 10 aromatic rings. The second kappa shape index (κ2) is 10.8. The van der Waals surface area contributed by atoms with E-state index < -0.39 is 0 Å². The number of rotatable bonds is 4. The van der Waals surface area contributed by atoms with Gasteiger partial charge in [0.2, 0.25) is 0 Å². The van der Waals surface area contributed by atoms with Crippen LogP contribution in [0.2, 0.25) is 0 Å². The predicted octanol–water partition coefficient (Wildman–Crippen LogP) is 13.8. The third kappa shape index (κ3) is 4.24. The first-order chi connectivity index (χ1) is 23.8. The highest BCUT2D eigenvalue weighted by Crippen LogP contribution is 2.49. The fourth-order valence-corrected chi connectivity index (χ4v) is 8.63. The molecule has 224 valence electrons. The molecule has 0 fully saturated rings. The number of hydrogen-bond donors (Lipinski definition) is 0. The number of thiophene rings is 1. The summed E-state index contributed by atoms with van der Waals surface area (Å²) in [5, 5.41) is 7.31. The van der Waals surface area contributed by atoms with Gasteiger partial charge in [-0.05, 0) is 80.6 Å². The molecule has 0 aliphatic heterocycles. The summed E-state index contributed by atoms with van der Waals surface area (Å²) in [5.74, 6) is 0. The lowest BCUT2D eigenvalue weighted by Crippen LogP contribution is -1.91. The van der Waals surface area contributed by atoms with Gasteiger partial charge in [-0.25, -0.2) is 0 Å². The standard InChI is InChI=1S/C46H28OS/c1-3-13-29(14-4-1)32-25-33(30-15-5-2-6-16-30)27-34(26-32)44-38-19-8-7-18-37(38)43(45-39-20-9-11-21-40(39)47-46(44)45)31-23-24-36-35-17-10-12-22-41(35)48-42(36)28-31/h1-28H. The number of para-hydroxylation sites is 1. The molecule has 0 N–H and O–H groups in total. The fourth-order valence-electron chi connectivity index (χ4n) is 7.48. The van der Waals surface area contributed by atoms with Crippen LogP contribution in [-0.4, -0.2) is 0 Å². The Morgan fingerprint density at radius 2 is 0.875 bits per heavy atom. The molecular formula is C46H28OS. The van der Waals surface area contributed by atoms with Crippen LogP contribution < -0.4 is 0 Å². The van der Waals surface area contributed by atoms with Gasteiger partial charge in [-0.1, -0.05) is 133 Å². The lowest BCUT2D eigenvalue weighted by atomic mass is 9.86. The molecule has 0 spiro atoms. The normalized spacial score (nSPS) is 11.8. The summed E-state index contributed by atoms with van der Waals surface area (Å²) in [7, 11) is 0. The topological polar surface area (TPSA) is 13.1 Å². The summed E-state index contributed by atoms with van der Waals surface area (Å²) in [5.41, 5.74) is 11.2. The van der Waals surface area contributed by atoms with Gasteiger partial charge in [0.15, 0.2) is 0 Å². The maximum absolute atomic E-state index is 6.94. The molecule has 48 heavy (non-hydrogen) atoms. The number of fused-ring (bicyclic) bond motifs is 7. The monoisotopic (exact) mass is 628 g/mol. The van der Waals surface area contributed by atoms with Crippen molar-refractivity contribution in [2.45, 2.75) is 0 Å². The molecular weight excluding hydrogens is 601 g/mol. The van der Waals surface area contributed by atoms with E-state index in [0.29, 0.717) is 0 Å². The fraction of sp³-hybridized carbons (Fsp3) is 0. The SMILES string of the molecule is c1ccc(-c2cc(-c3ccccc3)cc(-c3c4ccccc4c(-c4ccc5c(c4)sc4ccccc45)c4c3oc3ccccc34)c2)cc1. The maximum atomic E-state index is 6.94. The van der Waals surface area contributed by atoms with Crippen molar-refractivity contribution in [3.8, 4) is 44.5 Å². The van der Waals surface area contributed by atoms with Gasteiger partial charge in [-0.3, -0.25) is 0 Å². The molecule has 0 bridgehead atoms. The molecule has 1 nitrogen and oxygen atoms in total. The summed E-state index contributed by atoms with van der Waals surface area (Å²) >= 11 is 1.86. The van der Waals surface area contributed by atoms with Crippen LogP contribution in [0.25, 0.3) is 97.4 Å². The Balaban J connectivity index is 1.33. The van der Waals surface area contributed by atoms with E-state index in [9.17, 15) is 0 Å².